The highest BCUT2D eigenvalue weighted by Gasteiger charge is 2.37. The van der Waals surface area contributed by atoms with Crippen molar-refractivity contribution in [2.24, 2.45) is 0 Å². The third-order valence-corrected chi connectivity index (χ3v) is 4.34. The molecule has 0 spiro atoms. The molecule has 3 rings (SSSR count). The fourth-order valence-electron chi connectivity index (χ4n) is 3.29. The number of amides is 1. The van der Waals surface area contributed by atoms with Crippen LogP contribution in [-0.4, -0.2) is 62.1 Å². The molecule has 0 saturated carbocycles. The number of carbonyl (C=O) groups excluding carboxylic acids is 1. The van der Waals surface area contributed by atoms with E-state index in [0.29, 0.717) is 6.61 Å². The minimum Gasteiger partial charge on any atom is -0.493 e. The number of hydrogen-bond acceptors (Lipinski definition) is 4. The van der Waals surface area contributed by atoms with Crippen molar-refractivity contribution in [3.8, 4) is 5.75 Å². The largest absolute Gasteiger partial charge is 0.493 e. The molecule has 2 unspecified atom stereocenters. The summed E-state index contributed by atoms with van der Waals surface area (Å²) in [7, 11) is 3.65. The normalized spacial score (nSPS) is 25.8. The number of likely N-dealkylation sites (N-methyl/N-ethyl adjacent to an activating group) is 1. The van der Waals surface area contributed by atoms with Crippen molar-refractivity contribution in [3.05, 3.63) is 29.8 Å². The summed E-state index contributed by atoms with van der Waals surface area (Å²) in [6, 6.07) is 8.37. The first-order valence-corrected chi connectivity index (χ1v) is 7.58. The second kappa shape index (κ2) is 6.03. The minimum absolute atomic E-state index is 0.0927. The van der Waals surface area contributed by atoms with Crippen LogP contribution in [0.15, 0.2) is 24.3 Å². The van der Waals surface area contributed by atoms with Gasteiger partial charge in [0.2, 0.25) is 5.91 Å². The standard InChI is InChI=1S/C16H23N3O2/c1-18(2)16(20)14-11-17-8-9-19(14)13-7-10-21-15-6-4-3-5-12(13)15/h3-6,13-14,17H,7-11H2,1-2H3. The molecule has 0 radical (unpaired) electrons. The average molecular weight is 289 g/mol. The van der Waals surface area contributed by atoms with Crippen molar-refractivity contribution in [2.45, 2.75) is 18.5 Å². The summed E-state index contributed by atoms with van der Waals surface area (Å²) in [5.41, 5.74) is 1.21. The SMILES string of the molecule is CN(C)C(=O)C1CNCCN1C1CCOc2ccccc21. The fraction of sp³-hybridized carbons (Fsp3) is 0.562. The number of ether oxygens (including phenoxy) is 1. The van der Waals surface area contributed by atoms with Gasteiger partial charge in [-0.3, -0.25) is 9.69 Å². The predicted octanol–water partition coefficient (Wildman–Crippen LogP) is 0.872. The van der Waals surface area contributed by atoms with Gasteiger partial charge in [0.05, 0.1) is 6.61 Å². The zero-order valence-electron chi connectivity index (χ0n) is 12.7. The van der Waals surface area contributed by atoms with Gasteiger partial charge in [0.15, 0.2) is 0 Å². The zero-order valence-corrected chi connectivity index (χ0v) is 12.7. The predicted molar refractivity (Wildman–Crippen MR) is 81.4 cm³/mol. The van der Waals surface area contributed by atoms with E-state index in [2.05, 4.69) is 16.3 Å². The van der Waals surface area contributed by atoms with Gasteiger partial charge in [-0.1, -0.05) is 18.2 Å². The van der Waals surface area contributed by atoms with Crippen LogP contribution in [0.4, 0.5) is 0 Å². The van der Waals surface area contributed by atoms with Crippen molar-refractivity contribution in [1.29, 1.82) is 0 Å². The number of fused-ring (bicyclic) bond motifs is 1. The lowest BCUT2D eigenvalue weighted by atomic mass is 9.96. The Kier molecular flexibility index (Phi) is 4.12. The molecule has 2 aliphatic heterocycles. The Balaban J connectivity index is 1.89. The van der Waals surface area contributed by atoms with E-state index in [4.69, 9.17) is 4.74 Å². The molecule has 0 aliphatic carbocycles. The summed E-state index contributed by atoms with van der Waals surface area (Å²) < 4.78 is 5.75. The molecule has 0 bridgehead atoms. The van der Waals surface area contributed by atoms with Crippen LogP contribution in [0.3, 0.4) is 0 Å². The van der Waals surface area contributed by atoms with Crippen molar-refractivity contribution < 1.29 is 9.53 Å². The number of piperazine rings is 1. The molecule has 1 aromatic carbocycles. The quantitative estimate of drug-likeness (QED) is 0.877. The van der Waals surface area contributed by atoms with Crippen LogP contribution in [0, 0.1) is 0 Å². The van der Waals surface area contributed by atoms with Crippen LogP contribution >= 0.6 is 0 Å². The first kappa shape index (κ1) is 14.4. The number of para-hydroxylation sites is 1. The molecule has 2 aliphatic rings. The van der Waals surface area contributed by atoms with Crippen molar-refractivity contribution in [3.63, 3.8) is 0 Å². The first-order chi connectivity index (χ1) is 10.2. The Morgan fingerprint density at radius 2 is 2.19 bits per heavy atom. The highest BCUT2D eigenvalue weighted by atomic mass is 16.5. The molecule has 5 heteroatoms. The third kappa shape index (κ3) is 2.76. The van der Waals surface area contributed by atoms with Crippen LogP contribution in [0.2, 0.25) is 0 Å². The molecule has 5 nitrogen and oxygen atoms in total. The number of rotatable bonds is 2. The Morgan fingerprint density at radius 3 is 3.00 bits per heavy atom. The van der Waals surface area contributed by atoms with E-state index >= 15 is 0 Å². The van der Waals surface area contributed by atoms with E-state index in [0.717, 1.165) is 31.8 Å². The lowest BCUT2D eigenvalue weighted by molar-refractivity contribution is -0.136. The highest BCUT2D eigenvalue weighted by molar-refractivity contribution is 5.82. The lowest BCUT2D eigenvalue weighted by Crippen LogP contribution is -2.58. The van der Waals surface area contributed by atoms with Gasteiger partial charge in [-0.05, 0) is 6.07 Å². The van der Waals surface area contributed by atoms with Gasteiger partial charge in [0, 0.05) is 51.8 Å². The van der Waals surface area contributed by atoms with Gasteiger partial charge < -0.3 is 15.0 Å². The molecule has 2 atom stereocenters. The van der Waals surface area contributed by atoms with Crippen LogP contribution in [-0.2, 0) is 4.79 Å². The number of nitrogens with zero attached hydrogens (tertiary/aromatic N) is 2. The van der Waals surface area contributed by atoms with E-state index in [-0.39, 0.29) is 18.0 Å². The molecule has 21 heavy (non-hydrogen) atoms. The van der Waals surface area contributed by atoms with Crippen LogP contribution in [0.5, 0.6) is 5.75 Å². The molecule has 0 aromatic heterocycles. The fourth-order valence-corrected chi connectivity index (χ4v) is 3.29. The second-order valence-electron chi connectivity index (χ2n) is 5.88. The molecule has 2 heterocycles. The van der Waals surface area contributed by atoms with Crippen molar-refractivity contribution in [1.82, 2.24) is 15.1 Å². The Morgan fingerprint density at radius 1 is 1.38 bits per heavy atom. The molecule has 1 N–H and O–H groups in total. The molecular weight excluding hydrogens is 266 g/mol. The monoisotopic (exact) mass is 289 g/mol. The number of hydrogen-bond donors (Lipinski definition) is 1. The van der Waals surface area contributed by atoms with E-state index in [1.807, 2.05) is 32.3 Å². The van der Waals surface area contributed by atoms with Gasteiger partial charge in [-0.15, -0.1) is 0 Å². The van der Waals surface area contributed by atoms with Gasteiger partial charge in [0.1, 0.15) is 11.8 Å². The number of benzene rings is 1. The zero-order chi connectivity index (χ0) is 14.8. The van der Waals surface area contributed by atoms with E-state index < -0.39 is 0 Å². The molecule has 114 valence electrons. The van der Waals surface area contributed by atoms with Crippen molar-refractivity contribution in [2.75, 3.05) is 40.3 Å². The Bertz CT molecular complexity index is 518. The summed E-state index contributed by atoms with van der Waals surface area (Å²) in [5.74, 6) is 1.13. The number of nitrogens with one attached hydrogen (secondary N) is 1. The first-order valence-electron chi connectivity index (χ1n) is 7.58. The van der Waals surface area contributed by atoms with Gasteiger partial charge in [0.25, 0.3) is 0 Å². The maximum Gasteiger partial charge on any atom is 0.240 e. The van der Waals surface area contributed by atoms with Crippen LogP contribution in [0.1, 0.15) is 18.0 Å². The molecule has 1 fully saturated rings. The maximum atomic E-state index is 12.5. The van der Waals surface area contributed by atoms with Crippen molar-refractivity contribution >= 4 is 5.91 Å². The number of carbonyl (C=O) groups is 1. The van der Waals surface area contributed by atoms with E-state index in [9.17, 15) is 4.79 Å². The van der Waals surface area contributed by atoms with Crippen LogP contribution < -0.4 is 10.1 Å². The summed E-state index contributed by atoms with van der Waals surface area (Å²) in [6.45, 7) is 3.25. The summed E-state index contributed by atoms with van der Waals surface area (Å²) >= 11 is 0. The minimum atomic E-state index is -0.0927. The Labute approximate surface area is 125 Å². The molecule has 1 saturated heterocycles. The smallest absolute Gasteiger partial charge is 0.240 e. The molecule has 1 aromatic rings. The molecule has 1 amide bonds. The summed E-state index contributed by atoms with van der Waals surface area (Å²) in [5, 5.41) is 3.34. The van der Waals surface area contributed by atoms with Gasteiger partial charge in [-0.2, -0.15) is 0 Å². The lowest BCUT2D eigenvalue weighted by Gasteiger charge is -2.43. The van der Waals surface area contributed by atoms with E-state index in [1.54, 1.807) is 4.90 Å². The van der Waals surface area contributed by atoms with E-state index in [1.165, 1.54) is 5.56 Å². The van der Waals surface area contributed by atoms with Crippen LogP contribution in [0.25, 0.3) is 0 Å². The average Bonchev–Trinajstić information content (AvgIpc) is 2.53. The molecular formula is C16H23N3O2. The second-order valence-corrected chi connectivity index (χ2v) is 5.88. The topological polar surface area (TPSA) is 44.8 Å². The maximum absolute atomic E-state index is 12.5. The Hall–Kier alpha value is -1.59. The van der Waals surface area contributed by atoms with Gasteiger partial charge >= 0.3 is 0 Å². The summed E-state index contributed by atoms with van der Waals surface area (Å²) in [6.07, 6.45) is 0.939. The van der Waals surface area contributed by atoms with Gasteiger partial charge in [-0.25, -0.2) is 0 Å². The summed E-state index contributed by atoms with van der Waals surface area (Å²) in [4.78, 5) is 16.5. The third-order valence-electron chi connectivity index (χ3n) is 4.34. The highest BCUT2D eigenvalue weighted by Crippen LogP contribution is 2.37.